The van der Waals surface area contributed by atoms with E-state index in [4.69, 9.17) is 5.41 Å². The first-order valence-corrected chi connectivity index (χ1v) is 9.38. The lowest BCUT2D eigenvalue weighted by Crippen LogP contribution is -2.47. The molecule has 0 spiro atoms. The van der Waals surface area contributed by atoms with Gasteiger partial charge in [-0.1, -0.05) is 6.07 Å². The van der Waals surface area contributed by atoms with Gasteiger partial charge in [0, 0.05) is 23.9 Å². The highest BCUT2D eigenvalue weighted by atomic mass is 19.1. The van der Waals surface area contributed by atoms with Gasteiger partial charge in [-0.2, -0.15) is 4.98 Å². The van der Waals surface area contributed by atoms with E-state index in [0.717, 1.165) is 6.07 Å². The van der Waals surface area contributed by atoms with Crippen molar-refractivity contribution < 1.29 is 19.0 Å². The van der Waals surface area contributed by atoms with E-state index in [9.17, 15) is 19.0 Å². The summed E-state index contributed by atoms with van der Waals surface area (Å²) < 4.78 is 26.9. The molecule has 0 radical (unpaired) electrons. The van der Waals surface area contributed by atoms with Crippen molar-refractivity contribution in [1.82, 2.24) is 9.97 Å². The van der Waals surface area contributed by atoms with E-state index >= 15 is 0 Å². The highest BCUT2D eigenvalue weighted by Crippen LogP contribution is 2.33. The molecule has 5 N–H and O–H groups in total. The van der Waals surface area contributed by atoms with Crippen LogP contribution in [0.15, 0.2) is 18.2 Å². The Balaban J connectivity index is 1.87. The number of nitrogens with zero attached hydrogens (tertiary/aromatic N) is 2. The Morgan fingerprint density at radius 1 is 1.31 bits per heavy atom. The molecule has 1 fully saturated rings. The van der Waals surface area contributed by atoms with E-state index in [0.29, 0.717) is 29.9 Å². The molecule has 0 amide bonds. The van der Waals surface area contributed by atoms with Crippen LogP contribution in [0.1, 0.15) is 43.5 Å². The molecule has 1 saturated carbocycles. The van der Waals surface area contributed by atoms with E-state index < -0.39 is 29.4 Å². The summed E-state index contributed by atoms with van der Waals surface area (Å²) in [5, 5.41) is 34.7. The second-order valence-corrected chi connectivity index (χ2v) is 7.59. The molecule has 0 bridgehead atoms. The number of aliphatic hydroxyl groups excluding tert-OH is 1. The highest BCUT2D eigenvalue weighted by molar-refractivity contribution is 6.01. The second kappa shape index (κ2) is 8.00. The molecule has 3 rings (SSSR count). The van der Waals surface area contributed by atoms with Crippen LogP contribution >= 0.6 is 0 Å². The van der Waals surface area contributed by atoms with Gasteiger partial charge in [0.1, 0.15) is 23.1 Å². The third-order valence-electron chi connectivity index (χ3n) is 5.34. The summed E-state index contributed by atoms with van der Waals surface area (Å²) in [6, 6.07) is 2.88. The van der Waals surface area contributed by atoms with Gasteiger partial charge in [-0.05, 0) is 39.7 Å². The van der Waals surface area contributed by atoms with Crippen LogP contribution in [-0.4, -0.2) is 43.6 Å². The van der Waals surface area contributed by atoms with Crippen LogP contribution in [0.25, 0.3) is 0 Å². The first-order chi connectivity index (χ1) is 13.6. The average Bonchev–Trinajstić information content (AvgIpc) is 2.87. The van der Waals surface area contributed by atoms with Gasteiger partial charge in [-0.3, -0.25) is 0 Å². The summed E-state index contributed by atoms with van der Waals surface area (Å²) in [6.45, 7) is 4.95. The second-order valence-electron chi connectivity index (χ2n) is 7.59. The molecule has 1 heterocycles. The SMILES string of the molecule is CC(=N)c1c(C)nc(NCc2ccc(F)cc2F)nc1NC1CCC(O)C1(C)O. The van der Waals surface area contributed by atoms with Crippen molar-refractivity contribution in [1.29, 1.82) is 5.41 Å². The van der Waals surface area contributed by atoms with Gasteiger partial charge in [0.2, 0.25) is 5.95 Å². The van der Waals surface area contributed by atoms with Crippen LogP contribution < -0.4 is 10.6 Å². The summed E-state index contributed by atoms with van der Waals surface area (Å²) in [7, 11) is 0. The minimum Gasteiger partial charge on any atom is -0.390 e. The number of rotatable bonds is 6. The lowest BCUT2D eigenvalue weighted by Gasteiger charge is -2.30. The number of hydrogen-bond acceptors (Lipinski definition) is 7. The van der Waals surface area contributed by atoms with E-state index in [1.165, 1.54) is 12.1 Å². The predicted octanol–water partition coefficient (Wildman–Crippen LogP) is 2.75. The number of halogens is 2. The Morgan fingerprint density at radius 2 is 2.03 bits per heavy atom. The Morgan fingerprint density at radius 3 is 2.62 bits per heavy atom. The smallest absolute Gasteiger partial charge is 0.225 e. The fourth-order valence-corrected chi connectivity index (χ4v) is 3.57. The largest absolute Gasteiger partial charge is 0.390 e. The molecule has 1 aliphatic carbocycles. The third-order valence-corrected chi connectivity index (χ3v) is 5.34. The van der Waals surface area contributed by atoms with Crippen molar-refractivity contribution in [3.05, 3.63) is 46.7 Å². The number of anilines is 2. The fourth-order valence-electron chi connectivity index (χ4n) is 3.57. The summed E-state index contributed by atoms with van der Waals surface area (Å²) in [4.78, 5) is 8.74. The van der Waals surface area contributed by atoms with Gasteiger partial charge in [0.15, 0.2) is 0 Å². The maximum Gasteiger partial charge on any atom is 0.225 e. The molecule has 3 unspecified atom stereocenters. The molecule has 29 heavy (non-hydrogen) atoms. The number of aryl methyl sites for hydroxylation is 1. The van der Waals surface area contributed by atoms with Crippen LogP contribution in [0.4, 0.5) is 20.5 Å². The number of nitrogens with one attached hydrogen (secondary N) is 3. The molecule has 156 valence electrons. The van der Waals surface area contributed by atoms with Crippen molar-refractivity contribution in [3.8, 4) is 0 Å². The summed E-state index contributed by atoms with van der Waals surface area (Å²) in [5.74, 6) is -0.764. The monoisotopic (exact) mass is 405 g/mol. The molecule has 2 aromatic rings. The Kier molecular flexibility index (Phi) is 5.81. The topological polar surface area (TPSA) is 114 Å². The van der Waals surface area contributed by atoms with E-state index in [2.05, 4.69) is 20.6 Å². The van der Waals surface area contributed by atoms with Crippen molar-refractivity contribution in [2.75, 3.05) is 10.6 Å². The molecule has 7 nitrogen and oxygen atoms in total. The van der Waals surface area contributed by atoms with Crippen LogP contribution in [0, 0.1) is 24.0 Å². The third kappa shape index (κ3) is 4.35. The average molecular weight is 405 g/mol. The van der Waals surface area contributed by atoms with Crippen molar-refractivity contribution in [2.24, 2.45) is 0 Å². The molecule has 1 aromatic carbocycles. The minimum atomic E-state index is -1.34. The standard InChI is InChI=1S/C20H25F2N5O2/c1-10(23)17-11(2)25-19(24-9-12-4-5-13(21)8-14(12)22)27-18(17)26-15-6-7-16(28)20(15,3)29/h4-5,8,15-16,23,28-29H,6-7,9H2,1-3H3,(H2,24,25,26,27). The Labute approximate surface area is 167 Å². The van der Waals surface area contributed by atoms with Crippen LogP contribution in [0.5, 0.6) is 0 Å². The summed E-state index contributed by atoms with van der Waals surface area (Å²) in [5.41, 5.74) is 0.211. The first kappa shape index (κ1) is 21.1. The van der Waals surface area contributed by atoms with E-state index in [-0.39, 0.29) is 23.8 Å². The van der Waals surface area contributed by atoms with Gasteiger partial charge < -0.3 is 26.3 Å². The lowest BCUT2D eigenvalue weighted by atomic mass is 9.98. The number of hydrogen-bond donors (Lipinski definition) is 5. The Bertz CT molecular complexity index is 935. The van der Waals surface area contributed by atoms with Gasteiger partial charge in [-0.25, -0.2) is 13.8 Å². The summed E-state index contributed by atoms with van der Waals surface area (Å²) in [6.07, 6.45) is 0.131. The van der Waals surface area contributed by atoms with Crippen LogP contribution in [0.2, 0.25) is 0 Å². The first-order valence-electron chi connectivity index (χ1n) is 9.38. The fraction of sp³-hybridized carbons (Fsp3) is 0.450. The maximum absolute atomic E-state index is 13.9. The lowest BCUT2D eigenvalue weighted by molar-refractivity contribution is -0.0439. The molecule has 9 heteroatoms. The Hall–Kier alpha value is -2.65. The molecule has 3 atom stereocenters. The van der Waals surface area contributed by atoms with Crippen LogP contribution in [-0.2, 0) is 6.54 Å². The van der Waals surface area contributed by atoms with E-state index in [1.54, 1.807) is 20.8 Å². The number of aliphatic hydroxyl groups is 2. The molecular weight excluding hydrogens is 380 g/mol. The van der Waals surface area contributed by atoms with Gasteiger partial charge >= 0.3 is 0 Å². The molecule has 0 saturated heterocycles. The zero-order chi connectivity index (χ0) is 21.3. The summed E-state index contributed by atoms with van der Waals surface area (Å²) >= 11 is 0. The molecule has 1 aliphatic rings. The minimum absolute atomic E-state index is 0.0494. The maximum atomic E-state index is 13.9. The van der Waals surface area contributed by atoms with Gasteiger partial charge in [0.05, 0.1) is 23.4 Å². The number of benzene rings is 1. The van der Waals surface area contributed by atoms with Crippen LogP contribution in [0.3, 0.4) is 0 Å². The van der Waals surface area contributed by atoms with Crippen molar-refractivity contribution in [3.63, 3.8) is 0 Å². The zero-order valence-electron chi connectivity index (χ0n) is 16.6. The number of aromatic nitrogens is 2. The molecule has 1 aromatic heterocycles. The quantitative estimate of drug-likeness (QED) is 0.472. The van der Waals surface area contributed by atoms with Gasteiger partial charge in [0.25, 0.3) is 0 Å². The molecule has 0 aliphatic heterocycles. The normalized spacial score (nSPS) is 23.8. The van der Waals surface area contributed by atoms with Crippen molar-refractivity contribution in [2.45, 2.75) is 57.9 Å². The highest BCUT2D eigenvalue weighted by Gasteiger charge is 2.45. The molecular formula is C20H25F2N5O2. The van der Waals surface area contributed by atoms with Crippen molar-refractivity contribution >= 4 is 17.5 Å². The predicted molar refractivity (Wildman–Crippen MR) is 106 cm³/mol. The van der Waals surface area contributed by atoms with Gasteiger partial charge in [-0.15, -0.1) is 0 Å². The zero-order valence-corrected chi connectivity index (χ0v) is 16.6. The van der Waals surface area contributed by atoms with E-state index in [1.807, 2.05) is 0 Å².